The molecule has 0 spiro atoms. The lowest BCUT2D eigenvalue weighted by molar-refractivity contribution is 0.0635. The molecule has 0 heterocycles. The minimum Gasteiger partial charge on any atom is -0.504 e. The molecule has 1 rings (SSSR count). The van der Waals surface area contributed by atoms with Crippen LogP contribution in [0.15, 0.2) is 18.2 Å². The highest BCUT2D eigenvalue weighted by Crippen LogP contribution is 2.31. The maximum absolute atomic E-state index is 11.4. The van der Waals surface area contributed by atoms with E-state index in [9.17, 15) is 9.90 Å². The van der Waals surface area contributed by atoms with Crippen molar-refractivity contribution in [2.24, 2.45) is 0 Å². The Kier molecular flexibility index (Phi) is 3.65. The molecule has 0 aliphatic heterocycles. The molecular formula is C11H14ClNO3. The van der Waals surface area contributed by atoms with E-state index in [2.05, 4.69) is 5.32 Å². The monoisotopic (exact) mass is 243 g/mol. The standard InChI is InChI=1S/C11H14ClNO3/c1-11(2,3)16-10(15)13-8-6-4-5-7(12)9(8)14/h4-6,14H,1-3H3,(H,13,15). The zero-order valence-corrected chi connectivity index (χ0v) is 10.1. The summed E-state index contributed by atoms with van der Waals surface area (Å²) in [5, 5.41) is 12.1. The molecule has 0 aliphatic rings. The predicted octanol–water partition coefficient (Wildman–Crippen LogP) is 3.39. The predicted molar refractivity (Wildman–Crippen MR) is 63.0 cm³/mol. The highest BCUT2D eigenvalue weighted by Gasteiger charge is 2.17. The Hall–Kier alpha value is -1.42. The van der Waals surface area contributed by atoms with Crippen LogP contribution in [-0.4, -0.2) is 16.8 Å². The minimum absolute atomic E-state index is 0.171. The number of halogens is 1. The number of nitrogens with one attached hydrogen (secondary N) is 1. The van der Waals surface area contributed by atoms with E-state index in [-0.39, 0.29) is 16.5 Å². The Morgan fingerprint density at radius 2 is 2.06 bits per heavy atom. The number of carbonyl (C=O) groups excluding carboxylic acids is 1. The summed E-state index contributed by atoms with van der Waals surface area (Å²) in [6.07, 6.45) is -0.634. The molecule has 16 heavy (non-hydrogen) atoms. The van der Waals surface area contributed by atoms with Crippen LogP contribution in [-0.2, 0) is 4.74 Å². The molecule has 1 amide bonds. The van der Waals surface area contributed by atoms with Crippen molar-refractivity contribution in [3.05, 3.63) is 23.2 Å². The van der Waals surface area contributed by atoms with Gasteiger partial charge in [0.05, 0.1) is 10.7 Å². The SMILES string of the molecule is CC(C)(C)OC(=O)Nc1cccc(Cl)c1O. The second kappa shape index (κ2) is 4.61. The molecule has 0 atom stereocenters. The maximum Gasteiger partial charge on any atom is 0.412 e. The Balaban J connectivity index is 2.74. The van der Waals surface area contributed by atoms with Crippen molar-refractivity contribution in [2.45, 2.75) is 26.4 Å². The summed E-state index contributed by atoms with van der Waals surface area (Å²) in [7, 11) is 0. The summed E-state index contributed by atoms with van der Waals surface area (Å²) in [6, 6.07) is 4.68. The van der Waals surface area contributed by atoms with Crippen LogP contribution in [0.5, 0.6) is 5.75 Å². The molecule has 0 aliphatic carbocycles. The minimum atomic E-state index is -0.634. The number of benzene rings is 1. The zero-order chi connectivity index (χ0) is 12.3. The lowest BCUT2D eigenvalue weighted by Crippen LogP contribution is -2.27. The normalized spacial score (nSPS) is 11.0. The molecule has 0 fully saturated rings. The molecule has 4 nitrogen and oxygen atoms in total. The van der Waals surface area contributed by atoms with E-state index in [0.717, 1.165) is 0 Å². The summed E-state index contributed by atoms with van der Waals surface area (Å²) < 4.78 is 5.03. The molecule has 0 unspecified atom stereocenters. The van der Waals surface area contributed by atoms with E-state index in [4.69, 9.17) is 16.3 Å². The quantitative estimate of drug-likeness (QED) is 0.744. The van der Waals surface area contributed by atoms with Crippen LogP contribution in [0.4, 0.5) is 10.5 Å². The second-order valence-corrected chi connectivity index (χ2v) is 4.67. The van der Waals surface area contributed by atoms with Gasteiger partial charge in [-0.15, -0.1) is 0 Å². The van der Waals surface area contributed by atoms with Crippen LogP contribution in [0.3, 0.4) is 0 Å². The van der Waals surface area contributed by atoms with Crippen molar-refractivity contribution in [2.75, 3.05) is 5.32 Å². The number of anilines is 1. The molecule has 0 bridgehead atoms. The van der Waals surface area contributed by atoms with Crippen LogP contribution in [0.2, 0.25) is 5.02 Å². The summed E-state index contributed by atoms with van der Waals surface area (Å²) >= 11 is 5.69. The molecule has 0 saturated carbocycles. The van der Waals surface area contributed by atoms with Gasteiger partial charge in [0, 0.05) is 0 Å². The number of hydrogen-bond acceptors (Lipinski definition) is 3. The fourth-order valence-corrected chi connectivity index (χ4v) is 1.20. The average molecular weight is 244 g/mol. The van der Waals surface area contributed by atoms with Crippen LogP contribution >= 0.6 is 11.6 Å². The fourth-order valence-electron chi connectivity index (χ4n) is 1.03. The van der Waals surface area contributed by atoms with Crippen molar-refractivity contribution < 1.29 is 14.6 Å². The molecule has 88 valence electrons. The highest BCUT2D eigenvalue weighted by molar-refractivity contribution is 6.32. The first-order chi connectivity index (χ1) is 7.29. The van der Waals surface area contributed by atoms with E-state index in [1.807, 2.05) is 0 Å². The van der Waals surface area contributed by atoms with Crippen LogP contribution < -0.4 is 5.32 Å². The van der Waals surface area contributed by atoms with Crippen molar-refractivity contribution in [1.82, 2.24) is 0 Å². The summed E-state index contributed by atoms with van der Waals surface area (Å²) in [6.45, 7) is 5.26. The van der Waals surface area contributed by atoms with Gasteiger partial charge in [0.1, 0.15) is 5.60 Å². The topological polar surface area (TPSA) is 58.6 Å². The number of rotatable bonds is 1. The second-order valence-electron chi connectivity index (χ2n) is 4.26. The van der Waals surface area contributed by atoms with E-state index in [1.54, 1.807) is 26.8 Å². The van der Waals surface area contributed by atoms with Crippen molar-refractivity contribution >= 4 is 23.4 Å². The van der Waals surface area contributed by atoms with Crippen LogP contribution in [0.1, 0.15) is 20.8 Å². The first-order valence-corrected chi connectivity index (χ1v) is 5.15. The Morgan fingerprint density at radius 1 is 1.44 bits per heavy atom. The molecule has 1 aromatic carbocycles. The van der Waals surface area contributed by atoms with Crippen molar-refractivity contribution in [1.29, 1.82) is 0 Å². The van der Waals surface area contributed by atoms with Gasteiger partial charge in [-0.3, -0.25) is 5.32 Å². The van der Waals surface area contributed by atoms with Gasteiger partial charge in [0.2, 0.25) is 0 Å². The van der Waals surface area contributed by atoms with E-state index in [1.165, 1.54) is 12.1 Å². The zero-order valence-electron chi connectivity index (χ0n) is 9.37. The van der Waals surface area contributed by atoms with E-state index >= 15 is 0 Å². The van der Waals surface area contributed by atoms with Gasteiger partial charge in [-0.2, -0.15) is 0 Å². The summed E-state index contributed by atoms with van der Waals surface area (Å²) in [4.78, 5) is 11.4. The van der Waals surface area contributed by atoms with Gasteiger partial charge >= 0.3 is 6.09 Å². The fraction of sp³-hybridized carbons (Fsp3) is 0.364. The Morgan fingerprint density at radius 3 is 2.62 bits per heavy atom. The number of amides is 1. The third kappa shape index (κ3) is 3.62. The number of ether oxygens (including phenoxy) is 1. The van der Waals surface area contributed by atoms with Gasteiger partial charge in [-0.05, 0) is 32.9 Å². The number of aromatic hydroxyl groups is 1. The van der Waals surface area contributed by atoms with Crippen molar-refractivity contribution in [3.63, 3.8) is 0 Å². The number of carbonyl (C=O) groups is 1. The largest absolute Gasteiger partial charge is 0.504 e. The van der Waals surface area contributed by atoms with Crippen molar-refractivity contribution in [3.8, 4) is 5.75 Å². The van der Waals surface area contributed by atoms with Crippen LogP contribution in [0, 0.1) is 0 Å². The first-order valence-electron chi connectivity index (χ1n) is 4.77. The van der Waals surface area contributed by atoms with Gasteiger partial charge in [-0.25, -0.2) is 4.79 Å². The first kappa shape index (κ1) is 12.6. The van der Waals surface area contributed by atoms with E-state index < -0.39 is 11.7 Å². The number of phenolic OH excluding ortho intramolecular Hbond substituents is 1. The molecule has 1 aromatic rings. The third-order valence-electron chi connectivity index (χ3n) is 1.62. The average Bonchev–Trinajstić information content (AvgIpc) is 2.09. The van der Waals surface area contributed by atoms with Gasteiger partial charge in [0.25, 0.3) is 0 Å². The smallest absolute Gasteiger partial charge is 0.412 e. The third-order valence-corrected chi connectivity index (χ3v) is 1.93. The maximum atomic E-state index is 11.4. The van der Waals surface area contributed by atoms with Gasteiger partial charge in [0.15, 0.2) is 5.75 Å². The molecule has 0 radical (unpaired) electrons. The molecule has 0 saturated heterocycles. The summed E-state index contributed by atoms with van der Waals surface area (Å²) in [5.74, 6) is -0.171. The van der Waals surface area contributed by atoms with Gasteiger partial charge < -0.3 is 9.84 Å². The number of hydrogen-bond donors (Lipinski definition) is 2. The highest BCUT2D eigenvalue weighted by atomic mass is 35.5. The Bertz CT molecular complexity index is 399. The summed E-state index contributed by atoms with van der Waals surface area (Å²) in [5.41, 5.74) is -0.361. The van der Waals surface area contributed by atoms with Crippen LogP contribution in [0.25, 0.3) is 0 Å². The number of phenols is 1. The van der Waals surface area contributed by atoms with Gasteiger partial charge in [-0.1, -0.05) is 17.7 Å². The lowest BCUT2D eigenvalue weighted by Gasteiger charge is -2.19. The number of para-hydroxylation sites is 1. The van der Waals surface area contributed by atoms with E-state index in [0.29, 0.717) is 0 Å². The Labute approximate surface area is 99.2 Å². The molecular weight excluding hydrogens is 230 g/mol. The molecule has 2 N–H and O–H groups in total. The lowest BCUT2D eigenvalue weighted by atomic mass is 10.2. The molecule has 5 heteroatoms. The molecule has 0 aromatic heterocycles.